The van der Waals surface area contributed by atoms with Crippen molar-refractivity contribution in [3.05, 3.63) is 34.9 Å². The number of aliphatic carboxylic acids is 2. The molecule has 1 aromatic rings. The number of carbonyl (C=O) groups excluding carboxylic acids is 1. The highest BCUT2D eigenvalue weighted by Gasteiger charge is 2.27. The molecule has 0 amide bonds. The van der Waals surface area contributed by atoms with Gasteiger partial charge in [0.05, 0.1) is 11.2 Å². The van der Waals surface area contributed by atoms with Crippen molar-refractivity contribution < 1.29 is 29.7 Å². The molecule has 0 aromatic heterocycles. The van der Waals surface area contributed by atoms with Gasteiger partial charge >= 0.3 is 11.9 Å². The molecular weight excluding hydrogens is 332 g/mol. The second-order valence-electron chi connectivity index (χ2n) is 4.17. The minimum Gasteiger partial charge on any atom is -0.481 e. The van der Waals surface area contributed by atoms with Gasteiger partial charge in [-0.3, -0.25) is 9.59 Å². The monoisotopic (exact) mass is 344 g/mol. The first-order valence-corrected chi connectivity index (χ1v) is 6.60. The average Bonchev–Trinajstić information content (AvgIpc) is 2.35. The smallest absolute Gasteiger partial charge is 0.337 e. The highest BCUT2D eigenvalue weighted by molar-refractivity contribution is 9.10. The van der Waals surface area contributed by atoms with Gasteiger partial charge in [-0.2, -0.15) is 0 Å². The van der Waals surface area contributed by atoms with E-state index in [0.29, 0.717) is 0 Å². The summed E-state index contributed by atoms with van der Waals surface area (Å²) in [5.74, 6) is -3.15. The number of Topliss-reactive ketones (excluding diaryl/α,β-unsaturated/α-hetero) is 1. The van der Waals surface area contributed by atoms with E-state index in [9.17, 15) is 19.5 Å². The molecule has 1 aromatic carbocycles. The van der Waals surface area contributed by atoms with Gasteiger partial charge in [-0.1, -0.05) is 34.1 Å². The van der Waals surface area contributed by atoms with Gasteiger partial charge in [0.15, 0.2) is 11.9 Å². The number of rotatable bonds is 6. The maximum Gasteiger partial charge on any atom is 0.337 e. The summed E-state index contributed by atoms with van der Waals surface area (Å²) in [6.07, 6.45) is -2.42. The number of hydrogen-bond acceptors (Lipinski definition) is 4. The van der Waals surface area contributed by atoms with Crippen LogP contribution in [-0.4, -0.2) is 37.9 Å². The first-order valence-electron chi connectivity index (χ1n) is 5.68. The molecule has 2 unspecified atom stereocenters. The number of carbonyl (C=O) groups is 3. The fourth-order valence-corrected chi connectivity index (χ4v) is 2.05. The molecule has 1 rings (SSSR count). The summed E-state index contributed by atoms with van der Waals surface area (Å²) in [5.41, 5.74) is -0.0619. The van der Waals surface area contributed by atoms with E-state index in [-0.39, 0.29) is 16.7 Å². The van der Waals surface area contributed by atoms with Gasteiger partial charge < -0.3 is 15.3 Å². The molecule has 0 saturated carbocycles. The number of carboxylic acids is 2. The second-order valence-corrected chi connectivity index (χ2v) is 5.54. The number of aliphatic hydroxyl groups is 1. The number of benzene rings is 1. The maximum atomic E-state index is 12.0. The Morgan fingerprint density at radius 3 is 2.30 bits per heavy atom. The van der Waals surface area contributed by atoms with Crippen LogP contribution in [0, 0.1) is 0 Å². The van der Waals surface area contributed by atoms with Crippen LogP contribution in [0.1, 0.15) is 34.5 Å². The molecular formula is C13H13BrO6. The summed E-state index contributed by atoms with van der Waals surface area (Å²) in [6.45, 7) is 1.56. The number of aliphatic hydroxyl groups excluding tert-OH is 1. The number of alkyl halides is 1. The van der Waals surface area contributed by atoms with Crippen LogP contribution in [0.15, 0.2) is 18.2 Å². The summed E-state index contributed by atoms with van der Waals surface area (Å²) in [7, 11) is 0. The second kappa shape index (κ2) is 6.62. The van der Waals surface area contributed by atoms with Gasteiger partial charge in [-0.05, 0) is 12.5 Å². The quantitative estimate of drug-likeness (QED) is 0.531. The lowest BCUT2D eigenvalue weighted by molar-refractivity contribution is -0.147. The van der Waals surface area contributed by atoms with E-state index in [4.69, 9.17) is 10.2 Å². The summed E-state index contributed by atoms with van der Waals surface area (Å²) < 4.78 is 0. The Bertz CT molecular complexity index is 552. The SMILES string of the molecule is CC(Br)C(=O)c1cccc(CC(=O)O)c1C(O)C(=O)O. The predicted molar refractivity (Wildman–Crippen MR) is 73.1 cm³/mol. The summed E-state index contributed by atoms with van der Waals surface area (Å²) >= 11 is 3.08. The lowest BCUT2D eigenvalue weighted by Crippen LogP contribution is -2.21. The van der Waals surface area contributed by atoms with Crippen molar-refractivity contribution in [3.63, 3.8) is 0 Å². The molecule has 7 heteroatoms. The molecule has 0 aliphatic heterocycles. The van der Waals surface area contributed by atoms with Gasteiger partial charge in [-0.15, -0.1) is 0 Å². The van der Waals surface area contributed by atoms with Crippen LogP contribution < -0.4 is 0 Å². The Balaban J connectivity index is 3.47. The standard InChI is InChI=1S/C13H13BrO6/c1-6(14)11(17)8-4-2-3-7(5-9(15)16)10(8)12(18)13(19)20/h2-4,6,12,18H,5H2,1H3,(H,15,16)(H,19,20). The Hall–Kier alpha value is -1.73. The van der Waals surface area contributed by atoms with E-state index < -0.39 is 35.1 Å². The lowest BCUT2D eigenvalue weighted by atomic mass is 9.91. The fraction of sp³-hybridized carbons (Fsp3) is 0.308. The number of hydrogen-bond donors (Lipinski definition) is 3. The van der Waals surface area contributed by atoms with Crippen LogP contribution in [0.5, 0.6) is 0 Å². The van der Waals surface area contributed by atoms with Crippen LogP contribution >= 0.6 is 15.9 Å². The molecule has 0 spiro atoms. The molecule has 0 aliphatic carbocycles. The normalized spacial score (nSPS) is 13.6. The zero-order valence-electron chi connectivity index (χ0n) is 10.5. The molecule has 2 atom stereocenters. The van der Waals surface area contributed by atoms with Crippen LogP contribution in [0.3, 0.4) is 0 Å². The first kappa shape index (κ1) is 16.3. The third-order valence-electron chi connectivity index (χ3n) is 2.67. The van der Waals surface area contributed by atoms with Gasteiger partial charge in [0.2, 0.25) is 0 Å². The molecule has 0 heterocycles. The van der Waals surface area contributed by atoms with E-state index in [1.54, 1.807) is 6.92 Å². The van der Waals surface area contributed by atoms with Crippen LogP contribution in [0.25, 0.3) is 0 Å². The van der Waals surface area contributed by atoms with Crippen molar-refractivity contribution in [3.8, 4) is 0 Å². The Kier molecular flexibility index (Phi) is 5.41. The topological polar surface area (TPSA) is 112 Å². The maximum absolute atomic E-state index is 12.0. The van der Waals surface area contributed by atoms with Crippen molar-refractivity contribution in [2.24, 2.45) is 0 Å². The van der Waals surface area contributed by atoms with E-state index in [0.717, 1.165) is 0 Å². The molecule has 0 bridgehead atoms. The highest BCUT2D eigenvalue weighted by Crippen LogP contribution is 2.26. The minimum absolute atomic E-state index is 0.00280. The average molecular weight is 345 g/mol. The van der Waals surface area contributed by atoms with Crippen molar-refractivity contribution in [2.75, 3.05) is 0 Å². The van der Waals surface area contributed by atoms with E-state index >= 15 is 0 Å². The molecule has 20 heavy (non-hydrogen) atoms. The fourth-order valence-electron chi connectivity index (χ4n) is 1.81. The van der Waals surface area contributed by atoms with Gasteiger partial charge in [0.1, 0.15) is 0 Å². The summed E-state index contributed by atoms with van der Waals surface area (Å²) in [5, 5.41) is 27.5. The van der Waals surface area contributed by atoms with E-state index in [1.807, 2.05) is 0 Å². The third-order valence-corrected chi connectivity index (χ3v) is 3.09. The van der Waals surface area contributed by atoms with Gasteiger partial charge in [-0.25, -0.2) is 4.79 Å². The first-order chi connectivity index (χ1) is 9.25. The molecule has 3 N–H and O–H groups in total. The molecule has 108 valence electrons. The number of carboxylic acid groups (broad SMARTS) is 2. The Labute approximate surface area is 123 Å². The van der Waals surface area contributed by atoms with Gasteiger partial charge in [0.25, 0.3) is 0 Å². The zero-order chi connectivity index (χ0) is 15.4. The van der Waals surface area contributed by atoms with Crippen LogP contribution in [0.4, 0.5) is 0 Å². The van der Waals surface area contributed by atoms with Crippen LogP contribution in [0.2, 0.25) is 0 Å². The highest BCUT2D eigenvalue weighted by atomic mass is 79.9. The van der Waals surface area contributed by atoms with Crippen molar-refractivity contribution >= 4 is 33.7 Å². The minimum atomic E-state index is -1.95. The Morgan fingerprint density at radius 2 is 1.85 bits per heavy atom. The van der Waals surface area contributed by atoms with Crippen molar-refractivity contribution in [2.45, 2.75) is 24.3 Å². The Morgan fingerprint density at radius 1 is 1.25 bits per heavy atom. The third kappa shape index (κ3) is 3.64. The summed E-state index contributed by atoms with van der Waals surface area (Å²) in [6, 6.07) is 4.21. The van der Waals surface area contributed by atoms with Crippen molar-refractivity contribution in [1.82, 2.24) is 0 Å². The summed E-state index contributed by atoms with van der Waals surface area (Å²) in [4.78, 5) is 33.2. The predicted octanol–water partition coefficient (Wildman–Crippen LogP) is 1.40. The number of ketones is 1. The molecule has 0 radical (unpaired) electrons. The lowest BCUT2D eigenvalue weighted by Gasteiger charge is -2.16. The van der Waals surface area contributed by atoms with E-state index in [1.165, 1.54) is 18.2 Å². The van der Waals surface area contributed by atoms with E-state index in [2.05, 4.69) is 15.9 Å². The molecule has 0 saturated heterocycles. The van der Waals surface area contributed by atoms with Crippen molar-refractivity contribution in [1.29, 1.82) is 0 Å². The molecule has 6 nitrogen and oxygen atoms in total. The molecule has 0 fully saturated rings. The zero-order valence-corrected chi connectivity index (χ0v) is 12.1. The largest absolute Gasteiger partial charge is 0.481 e. The van der Waals surface area contributed by atoms with Crippen LogP contribution in [-0.2, 0) is 16.0 Å². The number of halogens is 1. The van der Waals surface area contributed by atoms with Gasteiger partial charge in [0, 0.05) is 11.1 Å². The molecule has 0 aliphatic rings.